The lowest BCUT2D eigenvalue weighted by molar-refractivity contribution is -0.0738. The molecule has 1 aromatic heterocycles. The van der Waals surface area contributed by atoms with Crippen LogP contribution < -0.4 is 11.1 Å². The third-order valence-corrected chi connectivity index (χ3v) is 4.37. The molecule has 0 bridgehead atoms. The van der Waals surface area contributed by atoms with E-state index in [0.29, 0.717) is 17.5 Å². The number of aromatic nitrogens is 2. The monoisotopic (exact) mass is 369 g/mol. The van der Waals surface area contributed by atoms with Gasteiger partial charge in [-0.25, -0.2) is 9.78 Å². The van der Waals surface area contributed by atoms with E-state index in [1.54, 1.807) is 4.90 Å². The Morgan fingerprint density at radius 3 is 2.56 bits per heavy atom. The molecular formula is C17H28ClN5O2. The molecule has 0 atom stereocenters. The van der Waals surface area contributed by atoms with E-state index in [2.05, 4.69) is 15.3 Å². The first-order valence-corrected chi connectivity index (χ1v) is 9.06. The SMILES string of the molecule is CC.CC(C)(C)OC(=O)N1CC2(CC(Nc3nc(Cl)ncc3N)C2)C1. The highest BCUT2D eigenvalue weighted by molar-refractivity contribution is 6.28. The lowest BCUT2D eigenvalue weighted by Gasteiger charge is -2.58. The molecule has 1 aliphatic carbocycles. The molecular weight excluding hydrogens is 342 g/mol. The molecule has 2 fully saturated rings. The maximum atomic E-state index is 12.0. The fraction of sp³-hybridized carbons (Fsp3) is 0.706. The highest BCUT2D eigenvalue weighted by Gasteiger charge is 2.54. The standard InChI is InChI=1S/C15H22ClN5O2.C2H6/c1-14(2,3)23-13(22)21-7-15(8-21)4-9(5-15)19-11-10(17)6-18-12(16)20-11;1-2/h6,9H,4-5,7-8,17H2,1-3H3,(H,18,19,20);1-2H3. The van der Waals surface area contributed by atoms with Gasteiger partial charge in [-0.2, -0.15) is 4.98 Å². The summed E-state index contributed by atoms with van der Waals surface area (Å²) in [5.41, 5.74) is 6.08. The van der Waals surface area contributed by atoms with E-state index in [1.165, 1.54) is 6.20 Å². The Morgan fingerprint density at radius 2 is 2.00 bits per heavy atom. The molecule has 2 heterocycles. The zero-order chi connectivity index (χ0) is 18.8. The molecule has 8 heteroatoms. The lowest BCUT2D eigenvalue weighted by Crippen LogP contribution is -2.66. The first-order chi connectivity index (χ1) is 11.7. The first-order valence-electron chi connectivity index (χ1n) is 8.68. The number of anilines is 2. The third-order valence-electron chi connectivity index (χ3n) is 4.19. The van der Waals surface area contributed by atoms with Crippen LogP contribution in [0.3, 0.4) is 0 Å². The quantitative estimate of drug-likeness (QED) is 0.774. The second kappa shape index (κ2) is 7.23. The predicted octanol–water partition coefficient (Wildman–Crippen LogP) is 3.55. The average Bonchev–Trinajstić information content (AvgIpc) is 2.43. The van der Waals surface area contributed by atoms with Crippen LogP contribution in [0.1, 0.15) is 47.5 Å². The van der Waals surface area contributed by atoms with Gasteiger partial charge in [0.05, 0.1) is 11.9 Å². The van der Waals surface area contributed by atoms with Crippen molar-refractivity contribution in [1.82, 2.24) is 14.9 Å². The second-order valence-electron chi connectivity index (χ2n) is 7.53. The zero-order valence-corrected chi connectivity index (χ0v) is 16.4. The Kier molecular flexibility index (Phi) is 5.66. The van der Waals surface area contributed by atoms with Crippen molar-refractivity contribution in [2.24, 2.45) is 5.41 Å². The van der Waals surface area contributed by atoms with E-state index >= 15 is 0 Å². The van der Waals surface area contributed by atoms with Crippen molar-refractivity contribution in [3.8, 4) is 0 Å². The summed E-state index contributed by atoms with van der Waals surface area (Å²) in [6.07, 6.45) is 3.23. The van der Waals surface area contributed by atoms with Crippen molar-refractivity contribution in [3.05, 3.63) is 11.5 Å². The minimum absolute atomic E-state index is 0.176. The van der Waals surface area contributed by atoms with Crippen LogP contribution in [0.5, 0.6) is 0 Å². The number of carbonyl (C=O) groups excluding carboxylic acids is 1. The zero-order valence-electron chi connectivity index (χ0n) is 15.6. The van der Waals surface area contributed by atoms with Crippen LogP contribution in [0.15, 0.2) is 6.20 Å². The molecule has 1 aromatic rings. The summed E-state index contributed by atoms with van der Waals surface area (Å²) in [4.78, 5) is 21.7. The first kappa shape index (κ1) is 19.6. The fourth-order valence-electron chi connectivity index (χ4n) is 3.24. The molecule has 25 heavy (non-hydrogen) atoms. The topological polar surface area (TPSA) is 93.4 Å². The van der Waals surface area contributed by atoms with Crippen LogP contribution in [0, 0.1) is 5.41 Å². The number of nitrogen functional groups attached to an aromatic ring is 1. The Balaban J connectivity index is 0.00000109. The van der Waals surface area contributed by atoms with E-state index in [9.17, 15) is 4.79 Å². The summed E-state index contributed by atoms with van der Waals surface area (Å²) < 4.78 is 5.38. The van der Waals surface area contributed by atoms with Gasteiger partial charge >= 0.3 is 6.09 Å². The molecule has 2 aliphatic rings. The average molecular weight is 370 g/mol. The van der Waals surface area contributed by atoms with Crippen molar-refractivity contribution in [2.75, 3.05) is 24.1 Å². The molecule has 7 nitrogen and oxygen atoms in total. The Morgan fingerprint density at radius 1 is 1.40 bits per heavy atom. The van der Waals surface area contributed by atoms with E-state index < -0.39 is 5.60 Å². The third kappa shape index (κ3) is 4.66. The molecule has 1 aliphatic heterocycles. The van der Waals surface area contributed by atoms with Crippen LogP contribution in [-0.2, 0) is 4.74 Å². The van der Waals surface area contributed by atoms with Crippen molar-refractivity contribution < 1.29 is 9.53 Å². The summed E-state index contributed by atoms with van der Waals surface area (Å²) in [6, 6.07) is 0.295. The number of nitrogens with one attached hydrogen (secondary N) is 1. The predicted molar refractivity (Wildman–Crippen MR) is 99.7 cm³/mol. The van der Waals surface area contributed by atoms with Crippen LogP contribution in [-0.4, -0.2) is 45.7 Å². The fourth-order valence-corrected chi connectivity index (χ4v) is 3.38. The number of ether oxygens (including phenoxy) is 1. The minimum Gasteiger partial charge on any atom is -0.444 e. The van der Waals surface area contributed by atoms with Crippen LogP contribution >= 0.6 is 11.6 Å². The molecule has 1 spiro atoms. The Labute approximate surface area is 154 Å². The van der Waals surface area contributed by atoms with Gasteiger partial charge in [-0.1, -0.05) is 13.8 Å². The van der Waals surface area contributed by atoms with Gasteiger partial charge in [-0.3, -0.25) is 0 Å². The summed E-state index contributed by atoms with van der Waals surface area (Å²) in [5, 5.41) is 3.47. The summed E-state index contributed by atoms with van der Waals surface area (Å²) in [7, 11) is 0. The van der Waals surface area contributed by atoms with E-state index in [4.69, 9.17) is 22.1 Å². The number of rotatable bonds is 2. The van der Waals surface area contributed by atoms with E-state index in [1.807, 2.05) is 34.6 Å². The molecule has 0 unspecified atom stereocenters. The van der Waals surface area contributed by atoms with Crippen molar-refractivity contribution in [3.63, 3.8) is 0 Å². The van der Waals surface area contributed by atoms with Crippen LogP contribution in [0.2, 0.25) is 5.28 Å². The molecule has 1 saturated heterocycles. The normalized spacial score (nSPS) is 18.6. The largest absolute Gasteiger partial charge is 0.444 e. The molecule has 3 rings (SSSR count). The van der Waals surface area contributed by atoms with Crippen molar-refractivity contribution in [1.29, 1.82) is 0 Å². The number of amides is 1. The maximum absolute atomic E-state index is 12.0. The van der Waals surface area contributed by atoms with Gasteiger partial charge in [-0.05, 0) is 45.2 Å². The molecule has 3 N–H and O–H groups in total. The van der Waals surface area contributed by atoms with Gasteiger partial charge in [0.2, 0.25) is 5.28 Å². The number of halogens is 1. The number of nitrogens with two attached hydrogens (primary N) is 1. The second-order valence-corrected chi connectivity index (χ2v) is 7.87. The van der Waals surface area contributed by atoms with E-state index in [0.717, 1.165) is 25.9 Å². The minimum atomic E-state index is -0.451. The number of hydrogen-bond acceptors (Lipinski definition) is 6. The van der Waals surface area contributed by atoms with Gasteiger partial charge in [-0.15, -0.1) is 0 Å². The van der Waals surface area contributed by atoms with Crippen molar-refractivity contribution in [2.45, 2.75) is 59.1 Å². The molecule has 140 valence electrons. The highest BCUT2D eigenvalue weighted by atomic mass is 35.5. The summed E-state index contributed by atoms with van der Waals surface area (Å²) in [5.74, 6) is 0.577. The molecule has 1 saturated carbocycles. The van der Waals surface area contributed by atoms with Crippen LogP contribution in [0.25, 0.3) is 0 Å². The van der Waals surface area contributed by atoms with Gasteiger partial charge in [0.1, 0.15) is 5.60 Å². The maximum Gasteiger partial charge on any atom is 0.410 e. The van der Waals surface area contributed by atoms with Gasteiger partial charge in [0.15, 0.2) is 5.82 Å². The molecule has 1 amide bonds. The number of likely N-dealkylation sites (tertiary alicyclic amines) is 1. The van der Waals surface area contributed by atoms with E-state index in [-0.39, 0.29) is 16.8 Å². The molecule has 0 aromatic carbocycles. The van der Waals surface area contributed by atoms with Gasteiger partial charge < -0.3 is 20.7 Å². The summed E-state index contributed by atoms with van der Waals surface area (Å²) >= 11 is 5.79. The van der Waals surface area contributed by atoms with Gasteiger partial charge in [0, 0.05) is 24.5 Å². The number of nitrogens with zero attached hydrogens (tertiary/aromatic N) is 3. The molecule has 0 radical (unpaired) electrons. The summed E-state index contributed by atoms with van der Waals surface area (Å²) in [6.45, 7) is 11.1. The van der Waals surface area contributed by atoms with Gasteiger partial charge in [0.25, 0.3) is 0 Å². The highest BCUT2D eigenvalue weighted by Crippen LogP contribution is 2.49. The Bertz CT molecular complexity index is 618. The van der Waals surface area contributed by atoms with Crippen molar-refractivity contribution >= 4 is 29.2 Å². The van der Waals surface area contributed by atoms with Crippen LogP contribution in [0.4, 0.5) is 16.3 Å². The number of carbonyl (C=O) groups is 1. The number of hydrogen-bond donors (Lipinski definition) is 2. The lowest BCUT2D eigenvalue weighted by atomic mass is 9.61. The smallest absolute Gasteiger partial charge is 0.410 e. The Hall–Kier alpha value is -1.76.